The Kier molecular flexibility index (Phi) is 4.34. The number of hydrogen-bond acceptors (Lipinski definition) is 5. The van der Waals surface area contributed by atoms with E-state index < -0.39 is 0 Å². The van der Waals surface area contributed by atoms with Crippen LogP contribution in [0, 0.1) is 4.77 Å². The second-order valence-corrected chi connectivity index (χ2v) is 7.99. The van der Waals surface area contributed by atoms with E-state index in [1.807, 2.05) is 28.5 Å². The molecule has 4 heterocycles. The summed E-state index contributed by atoms with van der Waals surface area (Å²) in [5.74, 6) is 0.830. The number of amides is 1. The minimum Gasteiger partial charge on any atom is -0.333 e. The number of nitrogens with zero attached hydrogens (tertiary/aromatic N) is 3. The van der Waals surface area contributed by atoms with Crippen LogP contribution in [0.25, 0.3) is 10.7 Å². The van der Waals surface area contributed by atoms with Crippen molar-refractivity contribution in [3.05, 3.63) is 44.7 Å². The third kappa shape index (κ3) is 2.85. The first-order valence-electron chi connectivity index (χ1n) is 7.76. The average molecular weight is 377 g/mol. The first kappa shape index (κ1) is 15.7. The summed E-state index contributed by atoms with van der Waals surface area (Å²) >= 11 is 8.63. The molecule has 0 aromatic carbocycles. The summed E-state index contributed by atoms with van der Waals surface area (Å²) in [4.78, 5) is 17.2. The molecule has 8 heteroatoms. The predicted octanol–water partition coefficient (Wildman–Crippen LogP) is 4.09. The highest BCUT2D eigenvalue weighted by atomic mass is 32.1. The third-order valence-corrected chi connectivity index (χ3v) is 6.39. The van der Waals surface area contributed by atoms with E-state index in [0.29, 0.717) is 4.77 Å². The lowest BCUT2D eigenvalue weighted by molar-refractivity contribution is -0.132. The molecule has 1 N–H and O–H groups in total. The second-order valence-electron chi connectivity index (χ2n) is 5.68. The van der Waals surface area contributed by atoms with Crippen LogP contribution in [0.1, 0.15) is 23.8 Å². The smallest absolute Gasteiger partial charge is 0.243 e. The van der Waals surface area contributed by atoms with Crippen LogP contribution < -0.4 is 0 Å². The fourth-order valence-corrected chi connectivity index (χ4v) is 4.92. The lowest BCUT2D eigenvalue weighted by atomic mass is 10.2. The quantitative estimate of drug-likeness (QED) is 0.698. The summed E-state index contributed by atoms with van der Waals surface area (Å²) in [6, 6.07) is 8.31. The molecule has 1 saturated heterocycles. The Balaban J connectivity index is 1.59. The van der Waals surface area contributed by atoms with Crippen LogP contribution in [0.3, 0.4) is 0 Å². The molecular weight excluding hydrogens is 360 g/mol. The summed E-state index contributed by atoms with van der Waals surface area (Å²) in [5, 5.41) is 11.2. The number of rotatable bonds is 4. The van der Waals surface area contributed by atoms with Gasteiger partial charge in [-0.1, -0.05) is 12.1 Å². The van der Waals surface area contributed by atoms with Crippen molar-refractivity contribution in [2.24, 2.45) is 0 Å². The van der Waals surface area contributed by atoms with Crippen LogP contribution >= 0.6 is 34.9 Å². The number of likely N-dealkylation sites (tertiary alicyclic amines) is 1. The van der Waals surface area contributed by atoms with Gasteiger partial charge in [0.25, 0.3) is 0 Å². The van der Waals surface area contributed by atoms with E-state index in [-0.39, 0.29) is 18.5 Å². The molecule has 3 aromatic rings. The van der Waals surface area contributed by atoms with Crippen LogP contribution in [-0.2, 0) is 11.3 Å². The number of hydrogen-bond donors (Lipinski definition) is 1. The van der Waals surface area contributed by atoms with E-state index in [0.717, 1.165) is 30.1 Å². The van der Waals surface area contributed by atoms with Crippen molar-refractivity contribution in [3.63, 3.8) is 0 Å². The maximum Gasteiger partial charge on any atom is 0.243 e. The summed E-state index contributed by atoms with van der Waals surface area (Å²) < 4.78 is 2.28. The average Bonchev–Trinajstić information content (AvgIpc) is 3.36. The van der Waals surface area contributed by atoms with Gasteiger partial charge in [-0.05, 0) is 48.0 Å². The van der Waals surface area contributed by atoms with Gasteiger partial charge in [0, 0.05) is 11.4 Å². The van der Waals surface area contributed by atoms with Gasteiger partial charge in [-0.25, -0.2) is 0 Å². The molecule has 1 amide bonds. The molecule has 1 aliphatic heterocycles. The van der Waals surface area contributed by atoms with E-state index in [2.05, 4.69) is 21.6 Å². The van der Waals surface area contributed by atoms with Gasteiger partial charge in [0.2, 0.25) is 5.91 Å². The monoisotopic (exact) mass is 376 g/mol. The number of thiophene rings is 2. The first-order valence-corrected chi connectivity index (χ1v) is 9.93. The standard InChI is InChI=1S/C16H16N4OS3/c21-14(19-7-1-4-11(19)12-5-2-8-23-12)10-20-15(17-18-16(20)22)13-6-3-9-24-13/h2-3,5-6,8-9,11H,1,4,7,10H2,(H,18,22). The zero-order valence-electron chi connectivity index (χ0n) is 12.8. The molecule has 0 bridgehead atoms. The molecule has 24 heavy (non-hydrogen) atoms. The molecule has 0 saturated carbocycles. The van der Waals surface area contributed by atoms with Crippen molar-refractivity contribution in [2.75, 3.05) is 6.54 Å². The zero-order valence-corrected chi connectivity index (χ0v) is 15.3. The lowest BCUT2D eigenvalue weighted by Crippen LogP contribution is -2.33. The van der Waals surface area contributed by atoms with Crippen molar-refractivity contribution in [1.82, 2.24) is 19.7 Å². The molecule has 0 spiro atoms. The highest BCUT2D eigenvalue weighted by Gasteiger charge is 2.31. The molecule has 5 nitrogen and oxygen atoms in total. The Morgan fingerprint density at radius 2 is 2.17 bits per heavy atom. The number of aromatic amines is 1. The Hall–Kier alpha value is -1.77. The Morgan fingerprint density at radius 3 is 2.92 bits per heavy atom. The number of carbonyl (C=O) groups is 1. The number of H-pyrrole nitrogens is 1. The SMILES string of the molecule is O=C(Cn1c(-c2cccs2)n[nH]c1=S)N1CCCC1c1cccs1. The molecule has 0 radical (unpaired) electrons. The molecule has 1 atom stereocenters. The molecule has 124 valence electrons. The highest BCUT2D eigenvalue weighted by molar-refractivity contribution is 7.71. The zero-order chi connectivity index (χ0) is 16.5. The Morgan fingerprint density at radius 1 is 1.33 bits per heavy atom. The van der Waals surface area contributed by atoms with Gasteiger partial charge in [-0.3, -0.25) is 14.5 Å². The molecule has 1 aliphatic rings. The molecule has 1 fully saturated rings. The fourth-order valence-electron chi connectivity index (χ4n) is 3.13. The van der Waals surface area contributed by atoms with Crippen LogP contribution in [-0.4, -0.2) is 32.1 Å². The van der Waals surface area contributed by atoms with E-state index in [9.17, 15) is 4.79 Å². The summed E-state index contributed by atoms with van der Waals surface area (Å²) in [5.41, 5.74) is 0. The van der Waals surface area contributed by atoms with Crippen molar-refractivity contribution in [2.45, 2.75) is 25.4 Å². The van der Waals surface area contributed by atoms with Crippen LogP contribution in [0.2, 0.25) is 0 Å². The first-order chi connectivity index (χ1) is 11.7. The third-order valence-electron chi connectivity index (χ3n) is 4.24. The van der Waals surface area contributed by atoms with Gasteiger partial charge >= 0.3 is 0 Å². The molecule has 4 rings (SSSR count). The number of aromatic nitrogens is 3. The lowest BCUT2D eigenvalue weighted by Gasteiger charge is -2.24. The van der Waals surface area contributed by atoms with Gasteiger partial charge in [0.05, 0.1) is 10.9 Å². The van der Waals surface area contributed by atoms with Crippen molar-refractivity contribution < 1.29 is 4.79 Å². The minimum atomic E-state index is 0.0983. The largest absolute Gasteiger partial charge is 0.333 e. The van der Waals surface area contributed by atoms with Crippen molar-refractivity contribution >= 4 is 40.8 Å². The molecular formula is C16H16N4OS3. The number of carbonyl (C=O) groups excluding carboxylic acids is 1. The second kappa shape index (κ2) is 6.62. The maximum atomic E-state index is 12.9. The van der Waals surface area contributed by atoms with Gasteiger partial charge in [-0.2, -0.15) is 5.10 Å². The molecule has 0 aliphatic carbocycles. The van der Waals surface area contributed by atoms with Gasteiger partial charge in [0.1, 0.15) is 6.54 Å². The van der Waals surface area contributed by atoms with Gasteiger partial charge < -0.3 is 4.90 Å². The van der Waals surface area contributed by atoms with Crippen LogP contribution in [0.4, 0.5) is 0 Å². The summed E-state index contributed by atoms with van der Waals surface area (Å²) in [7, 11) is 0. The minimum absolute atomic E-state index is 0.0983. The highest BCUT2D eigenvalue weighted by Crippen LogP contribution is 2.34. The van der Waals surface area contributed by atoms with E-state index in [4.69, 9.17) is 12.2 Å². The normalized spacial score (nSPS) is 17.5. The van der Waals surface area contributed by atoms with Crippen molar-refractivity contribution in [1.29, 1.82) is 0 Å². The van der Waals surface area contributed by atoms with E-state index in [1.165, 1.54) is 4.88 Å². The van der Waals surface area contributed by atoms with E-state index in [1.54, 1.807) is 27.2 Å². The molecule has 3 aromatic heterocycles. The van der Waals surface area contributed by atoms with Gasteiger partial charge in [0.15, 0.2) is 10.6 Å². The number of nitrogens with one attached hydrogen (secondary N) is 1. The summed E-state index contributed by atoms with van der Waals surface area (Å²) in [6.45, 7) is 1.03. The van der Waals surface area contributed by atoms with Crippen LogP contribution in [0.15, 0.2) is 35.0 Å². The van der Waals surface area contributed by atoms with E-state index >= 15 is 0 Å². The van der Waals surface area contributed by atoms with Crippen molar-refractivity contribution in [3.8, 4) is 10.7 Å². The fraction of sp³-hybridized carbons (Fsp3) is 0.312. The Bertz CT molecular complexity index is 879. The molecule has 1 unspecified atom stereocenters. The maximum absolute atomic E-state index is 12.9. The van der Waals surface area contributed by atoms with Gasteiger partial charge in [-0.15, -0.1) is 22.7 Å². The van der Waals surface area contributed by atoms with Crippen LogP contribution in [0.5, 0.6) is 0 Å². The topological polar surface area (TPSA) is 53.9 Å². The summed E-state index contributed by atoms with van der Waals surface area (Å²) in [6.07, 6.45) is 2.07. The Labute approximate surface area is 152 Å². The predicted molar refractivity (Wildman–Crippen MR) is 98.7 cm³/mol.